The number of nitrogens with zero attached hydrogens (tertiary/aromatic N) is 7. The van der Waals surface area contributed by atoms with Crippen LogP contribution < -0.4 is 20.5 Å². The van der Waals surface area contributed by atoms with Gasteiger partial charge in [0.2, 0.25) is 5.91 Å². The molecule has 2 amide bonds. The maximum atomic E-state index is 14.8. The van der Waals surface area contributed by atoms with E-state index in [0.29, 0.717) is 49.0 Å². The highest BCUT2D eigenvalue weighted by molar-refractivity contribution is 6.02. The van der Waals surface area contributed by atoms with Gasteiger partial charge >= 0.3 is 0 Å². The summed E-state index contributed by atoms with van der Waals surface area (Å²) in [6.45, 7) is 23.1. The number of hydrazone groups is 1. The molecule has 4 fully saturated rings. The zero-order chi connectivity index (χ0) is 44.5. The number of carbonyl (C=O) groups excluding carboxylic acids is 2. The van der Waals surface area contributed by atoms with Gasteiger partial charge in [0.25, 0.3) is 12.3 Å². The number of amidine groups is 1. The Hall–Kier alpha value is -4.23. The first-order valence-corrected chi connectivity index (χ1v) is 23.9. The molecule has 0 radical (unpaired) electrons. The average molecular weight is 868 g/mol. The normalized spacial score (nSPS) is 28.7. The molecule has 63 heavy (non-hydrogen) atoms. The first-order chi connectivity index (χ1) is 30.0. The maximum absolute atomic E-state index is 14.8. The summed E-state index contributed by atoms with van der Waals surface area (Å²) in [5.74, 6) is 2.71. The van der Waals surface area contributed by atoms with Crippen LogP contribution in [0, 0.1) is 34.5 Å². The van der Waals surface area contributed by atoms with Gasteiger partial charge in [-0.05, 0) is 120 Å². The second-order valence-corrected chi connectivity index (χ2v) is 21.7. The number of nitrogens with one attached hydrogen (secondary N) is 2. The van der Waals surface area contributed by atoms with Crippen molar-refractivity contribution in [2.24, 2.45) is 39.6 Å². The molecule has 6 heterocycles. The number of carbonyl (C=O) groups is 2. The minimum Gasteiger partial charge on any atom is -0.371 e. The predicted octanol–water partition coefficient (Wildman–Crippen LogP) is 7.46. The molecule has 7 aliphatic rings. The van der Waals surface area contributed by atoms with Crippen LogP contribution >= 0.6 is 0 Å². The minimum atomic E-state index is -2.60. The lowest BCUT2D eigenvalue weighted by atomic mass is 9.52. The lowest BCUT2D eigenvalue weighted by molar-refractivity contribution is -0.131. The van der Waals surface area contributed by atoms with Gasteiger partial charge in [0.05, 0.1) is 12.0 Å². The first-order valence-electron chi connectivity index (χ1n) is 23.9. The van der Waals surface area contributed by atoms with E-state index in [4.69, 9.17) is 5.10 Å². The molecular formula is C50H71F2N9O2. The molecule has 4 atom stereocenters. The highest BCUT2D eigenvalue weighted by Gasteiger charge is 2.53. The van der Waals surface area contributed by atoms with E-state index in [1.165, 1.54) is 5.69 Å². The van der Waals surface area contributed by atoms with Crippen molar-refractivity contribution < 1.29 is 18.4 Å². The number of hydrazine groups is 1. The number of amides is 2. The van der Waals surface area contributed by atoms with Crippen LogP contribution in [0.3, 0.4) is 0 Å². The Labute approximate surface area is 374 Å². The van der Waals surface area contributed by atoms with Crippen LogP contribution in [0.15, 0.2) is 47.7 Å². The van der Waals surface area contributed by atoms with Crippen LogP contribution in [0.5, 0.6) is 0 Å². The average Bonchev–Trinajstić information content (AvgIpc) is 3.86. The zero-order valence-electron chi connectivity index (χ0n) is 39.0. The van der Waals surface area contributed by atoms with Gasteiger partial charge in [-0.2, -0.15) is 5.10 Å². The van der Waals surface area contributed by atoms with Gasteiger partial charge in [-0.25, -0.2) is 14.2 Å². The molecule has 2 aromatic rings. The van der Waals surface area contributed by atoms with Crippen LogP contribution in [0.2, 0.25) is 0 Å². The summed E-state index contributed by atoms with van der Waals surface area (Å²) in [5.41, 5.74) is 8.86. The molecule has 11 nitrogen and oxygen atoms in total. The Morgan fingerprint density at radius 1 is 0.937 bits per heavy atom. The molecule has 13 heteroatoms. The maximum Gasteiger partial charge on any atom is 0.264 e. The molecule has 2 aromatic carbocycles. The lowest BCUT2D eigenvalue weighted by Crippen LogP contribution is -2.63. The van der Waals surface area contributed by atoms with Crippen LogP contribution in [0.1, 0.15) is 114 Å². The van der Waals surface area contributed by atoms with Crippen molar-refractivity contribution in [3.63, 3.8) is 0 Å². The Bertz CT molecular complexity index is 2090. The Morgan fingerprint density at radius 2 is 1.63 bits per heavy atom. The van der Waals surface area contributed by atoms with Gasteiger partial charge in [0.15, 0.2) is 0 Å². The van der Waals surface area contributed by atoms with Crippen LogP contribution in [-0.4, -0.2) is 122 Å². The van der Waals surface area contributed by atoms with Gasteiger partial charge in [0, 0.05) is 114 Å². The number of halogens is 2. The molecule has 9 rings (SSSR count). The largest absolute Gasteiger partial charge is 0.371 e. The third-order valence-electron chi connectivity index (χ3n) is 16.1. The Morgan fingerprint density at radius 3 is 2.25 bits per heavy atom. The number of hydrogen-bond donors (Lipinski definition) is 2. The fourth-order valence-corrected chi connectivity index (χ4v) is 13.3. The van der Waals surface area contributed by atoms with Crippen molar-refractivity contribution in [1.82, 2.24) is 30.6 Å². The van der Waals surface area contributed by atoms with E-state index in [-0.39, 0.29) is 46.2 Å². The molecule has 0 spiro atoms. The molecule has 2 N–H and O–H groups in total. The quantitative estimate of drug-likeness (QED) is 0.283. The zero-order valence-corrected chi connectivity index (χ0v) is 39.0. The van der Waals surface area contributed by atoms with E-state index in [9.17, 15) is 18.4 Å². The van der Waals surface area contributed by atoms with Gasteiger partial charge in [-0.3, -0.25) is 14.6 Å². The molecule has 1 saturated carbocycles. The van der Waals surface area contributed by atoms with Crippen LogP contribution in [0.25, 0.3) is 5.57 Å². The highest BCUT2D eigenvalue weighted by Crippen LogP contribution is 2.53. The standard InChI is InChI=1S/C50H71F2N9O2/c1-31-25-59(37-13-11-34(12-14-37)47(63)54-48-49(4,5)30-50(48,6)7)26-32(2)41(31)28-57-19-15-38(16-20-57)61-43-17-21-58(33(3)62)29-42(43)46(55-61)60-18-9-10-35-22-39(36-24-53-56(8)27-36)40(45(51)52)23-44(35)60/h11-14,22-23,27,31-32,38,41-43,45,48,53H,9-10,15-21,24-26,28-30H2,1-8H3,(H,54,63). The van der Waals surface area contributed by atoms with E-state index in [2.05, 4.69) is 84.1 Å². The first kappa shape index (κ1) is 44.0. The van der Waals surface area contributed by atoms with Gasteiger partial charge < -0.3 is 29.9 Å². The summed E-state index contributed by atoms with van der Waals surface area (Å²) < 4.78 is 29.6. The number of alkyl halides is 2. The summed E-state index contributed by atoms with van der Waals surface area (Å²) >= 11 is 0. The van der Waals surface area contributed by atoms with E-state index in [0.717, 1.165) is 106 Å². The monoisotopic (exact) mass is 868 g/mol. The summed E-state index contributed by atoms with van der Waals surface area (Å²) in [4.78, 5) is 35.4. The molecule has 1 aliphatic carbocycles. The van der Waals surface area contributed by atoms with E-state index >= 15 is 0 Å². The summed E-state index contributed by atoms with van der Waals surface area (Å²) in [7, 11) is 1.89. The smallest absolute Gasteiger partial charge is 0.264 e. The fourth-order valence-electron chi connectivity index (χ4n) is 13.3. The van der Waals surface area contributed by atoms with Crippen LogP contribution in [0.4, 0.5) is 20.2 Å². The highest BCUT2D eigenvalue weighted by atomic mass is 19.3. The number of rotatable bonds is 8. The van der Waals surface area contributed by atoms with Crippen molar-refractivity contribution in [3.8, 4) is 0 Å². The van der Waals surface area contributed by atoms with Gasteiger partial charge in [-0.15, -0.1) is 0 Å². The third-order valence-corrected chi connectivity index (χ3v) is 16.1. The molecule has 342 valence electrons. The summed E-state index contributed by atoms with van der Waals surface area (Å²) in [5, 5.41) is 13.0. The molecule has 4 unspecified atom stereocenters. The van der Waals surface area contributed by atoms with E-state index < -0.39 is 6.43 Å². The topological polar surface area (TPSA) is 90.0 Å². The fraction of sp³-hybridized carbons (Fsp3) is 0.660. The SMILES string of the molecule is CC(=O)N1CCC2C(C1)C(N1CCCc3cc(C4=CN(C)NC4)c(C(F)F)cc31)=NN2C1CCN(CC2C(C)CN(c3ccc(C(=O)NC4C(C)(C)CC4(C)C)cc3)CC2C)CC1. The van der Waals surface area contributed by atoms with Crippen molar-refractivity contribution in [2.45, 2.75) is 112 Å². The van der Waals surface area contributed by atoms with Crippen molar-refractivity contribution in [3.05, 3.63) is 64.9 Å². The van der Waals surface area contributed by atoms with Crippen molar-refractivity contribution in [1.29, 1.82) is 0 Å². The lowest BCUT2D eigenvalue weighted by Gasteiger charge is -2.57. The van der Waals surface area contributed by atoms with E-state index in [1.807, 2.05) is 41.4 Å². The number of likely N-dealkylation sites (tertiary alicyclic amines) is 2. The van der Waals surface area contributed by atoms with Crippen molar-refractivity contribution in [2.75, 3.05) is 75.8 Å². The third kappa shape index (κ3) is 8.46. The molecule has 0 bridgehead atoms. The molecular weight excluding hydrogens is 797 g/mol. The van der Waals surface area contributed by atoms with E-state index in [1.54, 1.807) is 13.0 Å². The van der Waals surface area contributed by atoms with Gasteiger partial charge in [-0.1, -0.05) is 41.5 Å². The number of benzene rings is 2. The Balaban J connectivity index is 0.849. The van der Waals surface area contributed by atoms with Crippen molar-refractivity contribution >= 4 is 34.6 Å². The predicted molar refractivity (Wildman–Crippen MR) is 248 cm³/mol. The van der Waals surface area contributed by atoms with Crippen LogP contribution in [-0.2, 0) is 11.2 Å². The number of aryl methyl sites for hydroxylation is 1. The molecule has 0 aromatic heterocycles. The number of piperidine rings is 3. The minimum absolute atomic E-state index is 0.0168. The number of hydrogen-bond acceptors (Lipinski definition) is 9. The summed E-state index contributed by atoms with van der Waals surface area (Å²) in [6, 6.07) is 12.6. The number of fused-ring (bicyclic) bond motifs is 2. The number of anilines is 2. The second kappa shape index (κ2) is 17.0. The summed E-state index contributed by atoms with van der Waals surface area (Å²) in [6.07, 6.45) is 5.09. The Kier molecular flexibility index (Phi) is 11.8. The molecule has 3 saturated heterocycles. The second-order valence-electron chi connectivity index (χ2n) is 21.7. The van der Waals surface area contributed by atoms with Gasteiger partial charge in [0.1, 0.15) is 5.84 Å². The molecule has 6 aliphatic heterocycles.